The van der Waals surface area contributed by atoms with Crippen molar-refractivity contribution in [2.24, 2.45) is 0 Å². The van der Waals surface area contributed by atoms with Crippen molar-refractivity contribution in [3.8, 4) is 5.75 Å². The highest BCUT2D eigenvalue weighted by Crippen LogP contribution is 2.34. The van der Waals surface area contributed by atoms with E-state index in [0.717, 1.165) is 16.7 Å². The van der Waals surface area contributed by atoms with Crippen molar-refractivity contribution < 1.29 is 19.0 Å². The Balaban J connectivity index is 1.40. The van der Waals surface area contributed by atoms with Gasteiger partial charge in [0.25, 0.3) is 5.91 Å². The molecule has 0 bridgehead atoms. The fourth-order valence-electron chi connectivity index (χ4n) is 4.71. The van der Waals surface area contributed by atoms with Crippen LogP contribution in [0.5, 0.6) is 5.75 Å². The summed E-state index contributed by atoms with van der Waals surface area (Å²) in [5.74, 6) is 0.407. The Kier molecular flexibility index (Phi) is 8.79. The van der Waals surface area contributed by atoms with E-state index in [2.05, 4.69) is 40.1 Å². The van der Waals surface area contributed by atoms with E-state index in [1.165, 1.54) is 6.07 Å². The maximum absolute atomic E-state index is 13.6. The van der Waals surface area contributed by atoms with Crippen molar-refractivity contribution in [3.63, 3.8) is 0 Å². The van der Waals surface area contributed by atoms with Crippen LogP contribution in [0, 0.1) is 12.7 Å². The zero-order chi connectivity index (χ0) is 27.6. The van der Waals surface area contributed by atoms with Gasteiger partial charge in [0, 0.05) is 18.1 Å². The smallest absolute Gasteiger partial charge is 0.260 e. The molecule has 1 saturated heterocycles. The topological polar surface area (TPSA) is 80.5 Å². The third kappa shape index (κ3) is 6.21. The van der Waals surface area contributed by atoms with Crippen LogP contribution in [0.2, 0.25) is 5.02 Å². The van der Waals surface area contributed by atoms with Gasteiger partial charge in [-0.25, -0.2) is 9.07 Å². The first-order valence-electron chi connectivity index (χ1n) is 12.8. The van der Waals surface area contributed by atoms with E-state index >= 15 is 0 Å². The second kappa shape index (κ2) is 11.7. The number of halogens is 3. The summed E-state index contributed by atoms with van der Waals surface area (Å²) in [6.07, 6.45) is 3.15. The molecule has 1 aliphatic heterocycles. The van der Waals surface area contributed by atoms with Crippen LogP contribution in [0.25, 0.3) is 0 Å². The minimum absolute atomic E-state index is 0.0832. The Morgan fingerprint density at radius 3 is 2.71 bits per heavy atom. The van der Waals surface area contributed by atoms with Gasteiger partial charge < -0.3 is 14.7 Å². The zero-order valence-electron chi connectivity index (χ0n) is 22.0. The van der Waals surface area contributed by atoms with E-state index in [-0.39, 0.29) is 30.3 Å². The molecular weight excluding hydrogens is 575 g/mol. The molecule has 7 nitrogen and oxygen atoms in total. The number of carbonyl (C=O) groups excluding carboxylic acids is 1. The Morgan fingerprint density at radius 1 is 1.24 bits per heavy atom. The second-order valence-corrected chi connectivity index (χ2v) is 11.5. The Bertz CT molecular complexity index is 1320. The Morgan fingerprint density at radius 2 is 2.00 bits per heavy atom. The second-order valence-electron chi connectivity index (χ2n) is 10.3. The van der Waals surface area contributed by atoms with Gasteiger partial charge in [0.15, 0.2) is 6.61 Å². The molecule has 2 atom stereocenters. The van der Waals surface area contributed by atoms with Crippen LogP contribution in [0.3, 0.4) is 0 Å². The number of carbonyl (C=O) groups is 1. The van der Waals surface area contributed by atoms with Crippen LogP contribution >= 0.6 is 27.5 Å². The first kappa shape index (κ1) is 28.5. The third-order valence-corrected chi connectivity index (χ3v) is 8.26. The molecule has 1 amide bonds. The zero-order valence-corrected chi connectivity index (χ0v) is 24.4. The van der Waals surface area contributed by atoms with Gasteiger partial charge in [-0.3, -0.25) is 4.79 Å². The van der Waals surface area contributed by atoms with Crippen molar-refractivity contribution >= 4 is 33.4 Å². The molecule has 0 saturated carbocycles. The van der Waals surface area contributed by atoms with Gasteiger partial charge in [-0.1, -0.05) is 36.7 Å². The largest absolute Gasteiger partial charge is 0.483 e. The van der Waals surface area contributed by atoms with E-state index in [0.29, 0.717) is 53.3 Å². The van der Waals surface area contributed by atoms with Crippen molar-refractivity contribution in [2.45, 2.75) is 64.5 Å². The van der Waals surface area contributed by atoms with Crippen LogP contribution in [-0.4, -0.2) is 50.6 Å². The molecule has 0 aliphatic carbocycles. The molecule has 0 spiro atoms. The molecule has 1 N–H and O–H groups in total. The number of ether oxygens (including phenoxy) is 1. The van der Waals surface area contributed by atoms with Gasteiger partial charge in [-0.2, -0.15) is 0 Å². The number of likely N-dealkylation sites (tertiary alicyclic amines) is 1. The van der Waals surface area contributed by atoms with Gasteiger partial charge in [0.05, 0.1) is 16.7 Å². The predicted molar refractivity (Wildman–Crippen MR) is 148 cm³/mol. The first-order valence-corrected chi connectivity index (χ1v) is 14.0. The normalized spacial score (nSPS) is 18.9. The van der Waals surface area contributed by atoms with E-state index in [1.807, 2.05) is 26.0 Å². The number of rotatable bonds is 7. The highest BCUT2D eigenvalue weighted by atomic mass is 79.9. The summed E-state index contributed by atoms with van der Waals surface area (Å²) < 4.78 is 21.6. The maximum Gasteiger partial charge on any atom is 0.260 e. The molecular formula is C28H33BrClFN4O3. The molecule has 3 aromatic rings. The molecule has 0 radical (unpaired) electrons. The Hall–Kier alpha value is -2.49. The number of amides is 1. The summed E-state index contributed by atoms with van der Waals surface area (Å²) >= 11 is 9.51. The SMILES string of the molecule is Cc1cc(OCC(=O)N2CCCC(O)(c3cn([C@H](C)c4ccc(F)c(Br)c4)nn3)CC2)c(C(C)C)cc1Cl. The van der Waals surface area contributed by atoms with Crippen molar-refractivity contribution in [2.75, 3.05) is 19.7 Å². The van der Waals surface area contributed by atoms with Crippen LogP contribution in [0.1, 0.15) is 74.4 Å². The molecule has 1 aliphatic rings. The molecule has 2 aromatic carbocycles. The lowest BCUT2D eigenvalue weighted by Crippen LogP contribution is -2.37. The highest BCUT2D eigenvalue weighted by molar-refractivity contribution is 9.10. The number of hydrogen-bond donors (Lipinski definition) is 1. The molecule has 1 fully saturated rings. The summed E-state index contributed by atoms with van der Waals surface area (Å²) in [6.45, 7) is 8.77. The lowest BCUT2D eigenvalue weighted by atomic mass is 9.92. The lowest BCUT2D eigenvalue weighted by Gasteiger charge is -2.25. The number of nitrogens with zero attached hydrogens (tertiary/aromatic N) is 4. The average Bonchev–Trinajstić information content (AvgIpc) is 3.30. The van der Waals surface area contributed by atoms with Crippen LogP contribution < -0.4 is 4.74 Å². The van der Waals surface area contributed by atoms with Crippen LogP contribution in [0.4, 0.5) is 4.39 Å². The third-order valence-electron chi connectivity index (χ3n) is 7.24. The van der Waals surface area contributed by atoms with Crippen LogP contribution in [-0.2, 0) is 10.4 Å². The molecule has 204 valence electrons. The van der Waals surface area contributed by atoms with E-state index in [1.54, 1.807) is 27.9 Å². The Labute approximate surface area is 236 Å². The molecule has 10 heteroatoms. The molecule has 38 heavy (non-hydrogen) atoms. The van der Waals surface area contributed by atoms with E-state index in [9.17, 15) is 14.3 Å². The fourth-order valence-corrected chi connectivity index (χ4v) is 5.27. The molecule has 4 rings (SSSR count). The summed E-state index contributed by atoms with van der Waals surface area (Å²) in [5, 5.41) is 20.7. The summed E-state index contributed by atoms with van der Waals surface area (Å²) in [5.41, 5.74) is 1.98. The summed E-state index contributed by atoms with van der Waals surface area (Å²) in [6, 6.07) is 8.39. The van der Waals surface area contributed by atoms with Crippen LogP contribution in [0.15, 0.2) is 41.0 Å². The molecule has 2 heterocycles. The molecule has 1 unspecified atom stereocenters. The number of hydrogen-bond acceptors (Lipinski definition) is 5. The minimum Gasteiger partial charge on any atom is -0.483 e. The summed E-state index contributed by atoms with van der Waals surface area (Å²) in [7, 11) is 0. The van der Waals surface area contributed by atoms with E-state index < -0.39 is 5.60 Å². The quantitative estimate of drug-likeness (QED) is 0.348. The lowest BCUT2D eigenvalue weighted by molar-refractivity contribution is -0.133. The van der Waals surface area contributed by atoms with Gasteiger partial charge in [-0.15, -0.1) is 5.10 Å². The number of aromatic nitrogens is 3. The first-order chi connectivity index (χ1) is 18.0. The van der Waals surface area contributed by atoms with Gasteiger partial charge in [-0.05, 0) is 95.9 Å². The monoisotopic (exact) mass is 606 g/mol. The predicted octanol–water partition coefficient (Wildman–Crippen LogP) is 6.15. The van der Waals surface area contributed by atoms with Crippen molar-refractivity contribution in [1.29, 1.82) is 0 Å². The van der Waals surface area contributed by atoms with Gasteiger partial charge >= 0.3 is 0 Å². The maximum atomic E-state index is 13.6. The van der Waals surface area contributed by atoms with Gasteiger partial charge in [0.1, 0.15) is 22.9 Å². The minimum atomic E-state index is -1.20. The number of benzene rings is 2. The van der Waals surface area contributed by atoms with Crippen molar-refractivity contribution in [3.05, 3.63) is 74.2 Å². The fraction of sp³-hybridized carbons (Fsp3) is 0.464. The standard InChI is InChI=1S/C28H33BrClFN4O3/c1-17(2)21-14-23(30)18(3)12-25(21)38-16-27(36)34-10-5-8-28(37,9-11-34)26-15-35(33-32-26)19(4)20-6-7-24(31)22(29)13-20/h6-7,12-15,17,19,37H,5,8-11,16H2,1-4H3/t19-,28?/m1/s1. The van der Waals surface area contributed by atoms with E-state index in [4.69, 9.17) is 16.3 Å². The highest BCUT2D eigenvalue weighted by Gasteiger charge is 2.36. The van der Waals surface area contributed by atoms with Gasteiger partial charge in [0.2, 0.25) is 0 Å². The number of aryl methyl sites for hydroxylation is 1. The summed E-state index contributed by atoms with van der Waals surface area (Å²) in [4.78, 5) is 14.8. The average molecular weight is 608 g/mol. The van der Waals surface area contributed by atoms with Crippen molar-refractivity contribution in [1.82, 2.24) is 19.9 Å². The molecule has 1 aromatic heterocycles. The number of aliphatic hydroxyl groups is 1.